The summed E-state index contributed by atoms with van der Waals surface area (Å²) in [5.41, 5.74) is 2.37. The van der Waals surface area contributed by atoms with Crippen molar-refractivity contribution in [2.45, 2.75) is 38.6 Å². The van der Waals surface area contributed by atoms with Gasteiger partial charge in [-0.25, -0.2) is 0 Å². The first kappa shape index (κ1) is 17.1. The van der Waals surface area contributed by atoms with Crippen molar-refractivity contribution in [3.05, 3.63) is 52.0 Å². The Morgan fingerprint density at radius 1 is 1.42 bits per heavy atom. The van der Waals surface area contributed by atoms with E-state index in [4.69, 9.17) is 4.74 Å². The van der Waals surface area contributed by atoms with Crippen molar-refractivity contribution in [2.24, 2.45) is 5.92 Å². The molecule has 3 heterocycles. The van der Waals surface area contributed by atoms with E-state index in [0.717, 1.165) is 38.0 Å². The number of hydrogen-bond acceptors (Lipinski definition) is 4. The molecule has 0 aliphatic carbocycles. The van der Waals surface area contributed by atoms with Crippen molar-refractivity contribution >= 4 is 17.2 Å². The first-order chi connectivity index (χ1) is 11.7. The summed E-state index contributed by atoms with van der Waals surface area (Å²) in [6, 6.07) is 6.12. The Bertz CT molecular complexity index is 650. The van der Waals surface area contributed by atoms with E-state index >= 15 is 0 Å². The highest BCUT2D eigenvalue weighted by Crippen LogP contribution is 2.30. The van der Waals surface area contributed by atoms with Crippen LogP contribution in [0.2, 0.25) is 0 Å². The van der Waals surface area contributed by atoms with Crippen LogP contribution in [0.4, 0.5) is 0 Å². The van der Waals surface area contributed by atoms with Crippen LogP contribution in [0, 0.1) is 12.8 Å². The number of carbonyl (C=O) groups is 1. The van der Waals surface area contributed by atoms with Crippen molar-refractivity contribution in [1.82, 2.24) is 10.3 Å². The third-order valence-corrected chi connectivity index (χ3v) is 5.73. The Kier molecular flexibility index (Phi) is 5.99. The summed E-state index contributed by atoms with van der Waals surface area (Å²) in [5.74, 6) is 0.526. The molecule has 1 unspecified atom stereocenters. The van der Waals surface area contributed by atoms with E-state index in [1.54, 1.807) is 17.5 Å². The number of nitrogens with one attached hydrogen (secondary N) is 1. The van der Waals surface area contributed by atoms with Gasteiger partial charge in [0, 0.05) is 36.9 Å². The van der Waals surface area contributed by atoms with Crippen molar-refractivity contribution in [3.63, 3.8) is 0 Å². The summed E-state index contributed by atoms with van der Waals surface area (Å²) in [7, 11) is 0. The van der Waals surface area contributed by atoms with E-state index < -0.39 is 0 Å². The zero-order chi connectivity index (χ0) is 16.8. The Balaban J connectivity index is 1.64. The Morgan fingerprint density at radius 2 is 2.25 bits per heavy atom. The Hall–Kier alpha value is -1.72. The molecule has 1 amide bonds. The standard InChI is InChI=1S/C19H24N2O2S/c1-14-8-12-24-17(14)4-5-18(22)21-19(15-6-10-23-11-7-15)16-3-2-9-20-13-16/h2-3,8-9,12-13,15,19H,4-7,10-11H2,1H3,(H,21,22). The summed E-state index contributed by atoms with van der Waals surface area (Å²) in [4.78, 5) is 18.0. The highest BCUT2D eigenvalue weighted by atomic mass is 32.1. The molecule has 0 spiro atoms. The molecular formula is C19H24N2O2S. The lowest BCUT2D eigenvalue weighted by atomic mass is 9.87. The molecule has 5 heteroatoms. The Morgan fingerprint density at radius 3 is 2.92 bits per heavy atom. The van der Waals surface area contributed by atoms with E-state index in [1.165, 1.54) is 10.4 Å². The zero-order valence-corrected chi connectivity index (χ0v) is 14.8. The monoisotopic (exact) mass is 344 g/mol. The highest BCUT2D eigenvalue weighted by Gasteiger charge is 2.27. The number of carbonyl (C=O) groups excluding carboxylic acids is 1. The van der Waals surface area contributed by atoms with Crippen LogP contribution in [0.25, 0.3) is 0 Å². The SMILES string of the molecule is Cc1ccsc1CCC(=O)NC(c1cccnc1)C1CCOCC1. The summed E-state index contributed by atoms with van der Waals surface area (Å²) >= 11 is 1.73. The molecule has 0 radical (unpaired) electrons. The third-order valence-electron chi connectivity index (χ3n) is 4.64. The van der Waals surface area contributed by atoms with Crippen LogP contribution >= 0.6 is 11.3 Å². The summed E-state index contributed by atoms with van der Waals surface area (Å²) in [6.45, 7) is 3.64. The van der Waals surface area contributed by atoms with Crippen LogP contribution in [0.5, 0.6) is 0 Å². The molecule has 128 valence electrons. The maximum absolute atomic E-state index is 12.5. The van der Waals surface area contributed by atoms with Crippen molar-refractivity contribution in [2.75, 3.05) is 13.2 Å². The number of nitrogens with zero attached hydrogens (tertiary/aromatic N) is 1. The van der Waals surface area contributed by atoms with Gasteiger partial charge in [-0.2, -0.15) is 0 Å². The number of thiophene rings is 1. The molecular weight excluding hydrogens is 320 g/mol. The van der Waals surface area contributed by atoms with Crippen molar-refractivity contribution < 1.29 is 9.53 Å². The Labute approximate surface area is 147 Å². The van der Waals surface area contributed by atoms with Gasteiger partial charge in [-0.15, -0.1) is 11.3 Å². The minimum Gasteiger partial charge on any atom is -0.381 e. The van der Waals surface area contributed by atoms with E-state index in [2.05, 4.69) is 34.7 Å². The molecule has 4 nitrogen and oxygen atoms in total. The van der Waals surface area contributed by atoms with E-state index in [0.29, 0.717) is 12.3 Å². The van der Waals surface area contributed by atoms with Gasteiger partial charge in [0.05, 0.1) is 6.04 Å². The van der Waals surface area contributed by atoms with Gasteiger partial charge in [-0.3, -0.25) is 9.78 Å². The molecule has 1 aliphatic heterocycles. The maximum Gasteiger partial charge on any atom is 0.220 e. The fraction of sp³-hybridized carbons (Fsp3) is 0.474. The summed E-state index contributed by atoms with van der Waals surface area (Å²) < 4.78 is 5.47. The van der Waals surface area contributed by atoms with Crippen LogP contribution in [0.3, 0.4) is 0 Å². The average molecular weight is 344 g/mol. The van der Waals surface area contributed by atoms with E-state index in [1.807, 2.05) is 12.3 Å². The lowest BCUT2D eigenvalue weighted by molar-refractivity contribution is -0.122. The number of aryl methyl sites for hydroxylation is 2. The second kappa shape index (κ2) is 8.40. The van der Waals surface area contributed by atoms with Gasteiger partial charge in [0.25, 0.3) is 0 Å². The van der Waals surface area contributed by atoms with E-state index in [9.17, 15) is 4.79 Å². The number of rotatable bonds is 6. The molecule has 24 heavy (non-hydrogen) atoms. The van der Waals surface area contributed by atoms with Crippen molar-refractivity contribution in [1.29, 1.82) is 0 Å². The number of pyridine rings is 1. The predicted molar refractivity (Wildman–Crippen MR) is 96.0 cm³/mol. The average Bonchev–Trinajstić information content (AvgIpc) is 3.04. The van der Waals surface area contributed by atoms with Gasteiger partial charge in [0.1, 0.15) is 0 Å². The van der Waals surface area contributed by atoms with Gasteiger partial charge in [0.2, 0.25) is 5.91 Å². The molecule has 1 N–H and O–H groups in total. The molecule has 0 saturated carbocycles. The molecule has 1 fully saturated rings. The normalized spacial score (nSPS) is 16.7. The van der Waals surface area contributed by atoms with E-state index in [-0.39, 0.29) is 11.9 Å². The van der Waals surface area contributed by atoms with Crippen molar-refractivity contribution in [3.8, 4) is 0 Å². The van der Waals surface area contributed by atoms with Gasteiger partial charge < -0.3 is 10.1 Å². The molecule has 2 aromatic heterocycles. The molecule has 0 bridgehead atoms. The minimum atomic E-state index is 0.0273. The van der Waals surface area contributed by atoms with Crippen LogP contribution in [-0.2, 0) is 16.0 Å². The molecule has 1 atom stereocenters. The first-order valence-corrected chi connectivity index (χ1v) is 9.42. The highest BCUT2D eigenvalue weighted by molar-refractivity contribution is 7.10. The molecule has 0 aromatic carbocycles. The predicted octanol–water partition coefficient (Wildman–Crippen LogP) is 3.67. The van der Waals surface area contributed by atoms with Crippen LogP contribution in [0.1, 0.15) is 41.3 Å². The first-order valence-electron chi connectivity index (χ1n) is 8.54. The molecule has 1 aliphatic rings. The second-order valence-electron chi connectivity index (χ2n) is 6.31. The molecule has 1 saturated heterocycles. The second-order valence-corrected chi connectivity index (χ2v) is 7.31. The maximum atomic E-state index is 12.5. The van der Waals surface area contributed by atoms with Gasteiger partial charge in [-0.1, -0.05) is 6.07 Å². The molecule has 3 rings (SSSR count). The van der Waals surface area contributed by atoms with Gasteiger partial charge in [-0.05, 0) is 60.7 Å². The van der Waals surface area contributed by atoms with Gasteiger partial charge in [0.15, 0.2) is 0 Å². The van der Waals surface area contributed by atoms with Crippen LogP contribution in [-0.4, -0.2) is 24.1 Å². The quantitative estimate of drug-likeness (QED) is 0.870. The number of aromatic nitrogens is 1. The topological polar surface area (TPSA) is 51.2 Å². The lowest BCUT2D eigenvalue weighted by Gasteiger charge is -2.31. The lowest BCUT2D eigenvalue weighted by Crippen LogP contribution is -2.36. The third kappa shape index (κ3) is 4.42. The minimum absolute atomic E-state index is 0.0273. The smallest absolute Gasteiger partial charge is 0.220 e. The van der Waals surface area contributed by atoms with Crippen LogP contribution < -0.4 is 5.32 Å². The summed E-state index contributed by atoms with van der Waals surface area (Å²) in [6.07, 6.45) is 6.92. The van der Waals surface area contributed by atoms with Crippen LogP contribution in [0.15, 0.2) is 36.0 Å². The number of ether oxygens (including phenoxy) is 1. The summed E-state index contributed by atoms with van der Waals surface area (Å²) in [5, 5.41) is 5.34. The largest absolute Gasteiger partial charge is 0.381 e. The fourth-order valence-corrected chi connectivity index (χ4v) is 4.13. The van der Waals surface area contributed by atoms with Gasteiger partial charge >= 0.3 is 0 Å². The fourth-order valence-electron chi connectivity index (χ4n) is 3.22. The molecule has 2 aromatic rings. The number of hydrogen-bond donors (Lipinski definition) is 1. The number of amides is 1. The zero-order valence-electron chi connectivity index (χ0n) is 14.0.